The Kier molecular flexibility index (Phi) is 4.78. The maximum atomic E-state index is 5.49. The quantitative estimate of drug-likeness (QED) is 0.915. The molecule has 118 valence electrons. The molecule has 4 nitrogen and oxygen atoms in total. The second-order valence-electron chi connectivity index (χ2n) is 5.87. The van der Waals surface area contributed by atoms with Gasteiger partial charge in [-0.1, -0.05) is 6.92 Å². The molecule has 0 bridgehead atoms. The summed E-state index contributed by atoms with van der Waals surface area (Å²) in [6.07, 6.45) is 4.44. The van der Waals surface area contributed by atoms with Crippen LogP contribution in [0, 0.1) is 0 Å². The van der Waals surface area contributed by atoms with Crippen LogP contribution in [0.1, 0.15) is 38.4 Å². The molecule has 1 aliphatic rings. The lowest BCUT2D eigenvalue weighted by atomic mass is 9.97. The molecule has 4 heteroatoms. The molecule has 1 aliphatic heterocycles. The molecule has 0 aliphatic carbocycles. The van der Waals surface area contributed by atoms with Crippen molar-refractivity contribution in [2.24, 2.45) is 0 Å². The Morgan fingerprint density at radius 2 is 2.09 bits per heavy atom. The van der Waals surface area contributed by atoms with E-state index in [4.69, 9.17) is 4.74 Å². The first-order valence-corrected chi connectivity index (χ1v) is 8.30. The van der Waals surface area contributed by atoms with E-state index in [1.807, 2.05) is 25.3 Å². The summed E-state index contributed by atoms with van der Waals surface area (Å²) in [5.74, 6) is 2.57. The summed E-state index contributed by atoms with van der Waals surface area (Å²) >= 11 is 0. The van der Waals surface area contributed by atoms with Crippen LogP contribution in [-0.4, -0.2) is 41.1 Å². The molecule has 1 saturated heterocycles. The van der Waals surface area contributed by atoms with E-state index in [2.05, 4.69) is 33.9 Å². The van der Waals surface area contributed by atoms with Crippen molar-refractivity contribution in [2.45, 2.75) is 32.6 Å². The number of likely N-dealkylation sites (N-methyl/N-ethyl adjacent to an activating group) is 1. The number of nitrogens with one attached hydrogen (secondary N) is 1. The molecule has 1 N–H and O–H groups in total. The number of rotatable bonds is 5. The molecule has 0 saturated carbocycles. The highest BCUT2D eigenvalue weighted by molar-refractivity contribution is 5.59. The third-order valence-electron chi connectivity index (χ3n) is 4.41. The fourth-order valence-electron chi connectivity index (χ4n) is 3.15. The smallest absolute Gasteiger partial charge is 0.119 e. The Morgan fingerprint density at radius 3 is 2.82 bits per heavy atom. The molecule has 0 unspecified atom stereocenters. The Hall–Kier alpha value is -1.81. The molecule has 1 fully saturated rings. The monoisotopic (exact) mass is 299 g/mol. The van der Waals surface area contributed by atoms with Gasteiger partial charge in [0, 0.05) is 12.5 Å². The van der Waals surface area contributed by atoms with E-state index in [0.29, 0.717) is 12.5 Å². The summed E-state index contributed by atoms with van der Waals surface area (Å²) in [7, 11) is 0. The highest BCUT2D eigenvalue weighted by Gasteiger charge is 2.22. The van der Waals surface area contributed by atoms with Crippen molar-refractivity contribution in [3.05, 3.63) is 36.3 Å². The number of nitrogens with zero attached hydrogens (tertiary/aromatic N) is 2. The van der Waals surface area contributed by atoms with E-state index in [1.54, 1.807) is 0 Å². The van der Waals surface area contributed by atoms with Crippen molar-refractivity contribution in [3.63, 3.8) is 0 Å². The number of hydrogen-bond acceptors (Lipinski definition) is 3. The maximum Gasteiger partial charge on any atom is 0.119 e. The van der Waals surface area contributed by atoms with E-state index in [0.717, 1.165) is 35.9 Å². The third kappa shape index (κ3) is 3.33. The van der Waals surface area contributed by atoms with E-state index in [1.165, 1.54) is 19.4 Å². The molecule has 1 aromatic carbocycles. The van der Waals surface area contributed by atoms with Gasteiger partial charge in [0.2, 0.25) is 0 Å². The van der Waals surface area contributed by atoms with Gasteiger partial charge in [-0.3, -0.25) is 0 Å². The normalized spacial score (nSPS) is 19.3. The van der Waals surface area contributed by atoms with Crippen molar-refractivity contribution >= 4 is 0 Å². The molecule has 3 rings (SSSR count). The average molecular weight is 299 g/mol. The molecular formula is C18H25N3O. The summed E-state index contributed by atoms with van der Waals surface area (Å²) in [5.41, 5.74) is 2.25. The van der Waals surface area contributed by atoms with E-state index in [9.17, 15) is 0 Å². The van der Waals surface area contributed by atoms with Crippen LogP contribution in [0.2, 0.25) is 0 Å². The molecule has 2 aromatic rings. The fraction of sp³-hybridized carbons (Fsp3) is 0.500. The largest absolute Gasteiger partial charge is 0.494 e. The number of piperidine rings is 1. The van der Waals surface area contributed by atoms with Gasteiger partial charge in [0.15, 0.2) is 0 Å². The van der Waals surface area contributed by atoms with Crippen molar-refractivity contribution in [3.8, 4) is 17.0 Å². The molecule has 0 amide bonds. The summed E-state index contributed by atoms with van der Waals surface area (Å²) in [4.78, 5) is 10.7. The van der Waals surface area contributed by atoms with Gasteiger partial charge in [0.1, 0.15) is 11.6 Å². The predicted octanol–water partition coefficient (Wildman–Crippen LogP) is 3.67. The summed E-state index contributed by atoms with van der Waals surface area (Å²) in [5, 5.41) is 0. The third-order valence-corrected chi connectivity index (χ3v) is 4.41. The predicted molar refractivity (Wildman–Crippen MR) is 89.3 cm³/mol. The van der Waals surface area contributed by atoms with Crippen LogP contribution < -0.4 is 4.74 Å². The van der Waals surface area contributed by atoms with Crippen molar-refractivity contribution in [1.82, 2.24) is 14.9 Å². The number of ether oxygens (including phenoxy) is 1. The van der Waals surface area contributed by atoms with Crippen LogP contribution in [-0.2, 0) is 0 Å². The summed E-state index contributed by atoms with van der Waals surface area (Å²) < 4.78 is 5.49. The zero-order valence-electron chi connectivity index (χ0n) is 13.5. The van der Waals surface area contributed by atoms with Crippen molar-refractivity contribution in [2.75, 3.05) is 26.2 Å². The highest BCUT2D eigenvalue weighted by Crippen LogP contribution is 2.27. The maximum absolute atomic E-state index is 5.49. The van der Waals surface area contributed by atoms with E-state index < -0.39 is 0 Å². The Morgan fingerprint density at radius 1 is 1.27 bits per heavy atom. The number of H-pyrrole nitrogens is 1. The first-order chi connectivity index (χ1) is 10.8. The SMILES string of the molecule is CCOc1ccc(-c2cnc([C@@H]3CCCN(CC)C3)[nH]2)cc1. The molecule has 0 spiro atoms. The van der Waals surface area contributed by atoms with Gasteiger partial charge in [-0.05, 0) is 62.7 Å². The van der Waals surface area contributed by atoms with Crippen molar-refractivity contribution in [1.29, 1.82) is 0 Å². The van der Waals surface area contributed by atoms with Crippen molar-refractivity contribution < 1.29 is 4.74 Å². The highest BCUT2D eigenvalue weighted by atomic mass is 16.5. The number of hydrogen-bond donors (Lipinski definition) is 1. The zero-order chi connectivity index (χ0) is 15.4. The summed E-state index contributed by atoms with van der Waals surface area (Å²) in [6.45, 7) is 8.40. The number of likely N-dealkylation sites (tertiary alicyclic amines) is 1. The summed E-state index contributed by atoms with van der Waals surface area (Å²) in [6, 6.07) is 8.19. The van der Waals surface area contributed by atoms with Crippen LogP contribution in [0.5, 0.6) is 5.75 Å². The lowest BCUT2D eigenvalue weighted by Crippen LogP contribution is -2.34. The van der Waals surface area contributed by atoms with Crippen LogP contribution in [0.15, 0.2) is 30.5 Å². The molecule has 1 atom stereocenters. The fourth-order valence-corrected chi connectivity index (χ4v) is 3.15. The minimum atomic E-state index is 0.533. The minimum absolute atomic E-state index is 0.533. The van der Waals surface area contributed by atoms with E-state index >= 15 is 0 Å². The second kappa shape index (κ2) is 6.97. The van der Waals surface area contributed by atoms with Gasteiger partial charge in [-0.2, -0.15) is 0 Å². The van der Waals surface area contributed by atoms with Gasteiger partial charge < -0.3 is 14.6 Å². The Labute approximate surface area is 132 Å². The minimum Gasteiger partial charge on any atom is -0.494 e. The Bertz CT molecular complexity index is 591. The van der Waals surface area contributed by atoms with Crippen LogP contribution in [0.25, 0.3) is 11.3 Å². The van der Waals surface area contributed by atoms with Gasteiger partial charge in [-0.25, -0.2) is 4.98 Å². The second-order valence-corrected chi connectivity index (χ2v) is 5.87. The lowest BCUT2D eigenvalue weighted by Gasteiger charge is -2.30. The number of benzene rings is 1. The molecule has 22 heavy (non-hydrogen) atoms. The molecule has 0 radical (unpaired) electrons. The van der Waals surface area contributed by atoms with Gasteiger partial charge in [0.25, 0.3) is 0 Å². The topological polar surface area (TPSA) is 41.1 Å². The molecule has 2 heterocycles. The number of aromatic nitrogens is 2. The van der Waals surface area contributed by atoms with Crippen LogP contribution in [0.3, 0.4) is 0 Å². The molecular weight excluding hydrogens is 274 g/mol. The van der Waals surface area contributed by atoms with E-state index in [-0.39, 0.29) is 0 Å². The number of imidazole rings is 1. The number of aromatic amines is 1. The first-order valence-electron chi connectivity index (χ1n) is 8.30. The van der Waals surface area contributed by atoms with Crippen LogP contribution >= 0.6 is 0 Å². The average Bonchev–Trinajstić information content (AvgIpc) is 3.06. The van der Waals surface area contributed by atoms with Gasteiger partial charge in [-0.15, -0.1) is 0 Å². The zero-order valence-corrected chi connectivity index (χ0v) is 13.5. The lowest BCUT2D eigenvalue weighted by molar-refractivity contribution is 0.214. The van der Waals surface area contributed by atoms with Crippen LogP contribution in [0.4, 0.5) is 0 Å². The van der Waals surface area contributed by atoms with Gasteiger partial charge >= 0.3 is 0 Å². The van der Waals surface area contributed by atoms with Gasteiger partial charge in [0.05, 0.1) is 18.5 Å². The Balaban J connectivity index is 1.72. The first kappa shape index (κ1) is 15.1. The standard InChI is InChI=1S/C18H25N3O/c1-3-21-11-5-6-15(13-21)18-19-12-17(20-18)14-7-9-16(10-8-14)22-4-2/h7-10,12,15H,3-6,11,13H2,1-2H3,(H,19,20)/t15-/m1/s1. The molecule has 1 aromatic heterocycles.